The van der Waals surface area contributed by atoms with E-state index in [0.717, 1.165) is 37.8 Å². The number of aliphatic hydroxyl groups is 1. The topological polar surface area (TPSA) is 32.3 Å². The van der Waals surface area contributed by atoms with Crippen molar-refractivity contribution < 1.29 is 5.11 Å². The Labute approximate surface area is 125 Å². The van der Waals surface area contributed by atoms with E-state index < -0.39 is 5.60 Å². The summed E-state index contributed by atoms with van der Waals surface area (Å²) in [4.78, 5) is 0. The monoisotopic (exact) mass is 301 g/mol. The average molecular weight is 302 g/mol. The van der Waals surface area contributed by atoms with Gasteiger partial charge in [0.1, 0.15) is 0 Å². The van der Waals surface area contributed by atoms with Crippen LogP contribution in [0.2, 0.25) is 10.0 Å². The Morgan fingerprint density at radius 2 is 1.95 bits per heavy atom. The van der Waals surface area contributed by atoms with Crippen LogP contribution in [0.1, 0.15) is 38.2 Å². The minimum Gasteiger partial charge on any atom is -0.390 e. The Balaban J connectivity index is 1.96. The predicted octanol–water partition coefficient (Wildman–Crippen LogP) is 3.82. The average Bonchev–Trinajstić information content (AvgIpc) is 2.37. The van der Waals surface area contributed by atoms with Crippen LogP contribution in [0.4, 0.5) is 0 Å². The van der Waals surface area contributed by atoms with Gasteiger partial charge in [-0.1, -0.05) is 36.2 Å². The molecule has 1 aromatic carbocycles. The molecule has 0 bridgehead atoms. The lowest BCUT2D eigenvalue weighted by Gasteiger charge is -2.36. The molecule has 1 saturated carbocycles. The summed E-state index contributed by atoms with van der Waals surface area (Å²) in [6, 6.07) is 6.16. The maximum atomic E-state index is 10.7. The number of hydrogen-bond donors (Lipinski definition) is 2. The summed E-state index contributed by atoms with van der Waals surface area (Å²) in [5, 5.41) is 15.2. The van der Waals surface area contributed by atoms with Crippen molar-refractivity contribution in [2.24, 2.45) is 0 Å². The molecule has 2 rings (SSSR count). The van der Waals surface area contributed by atoms with Crippen LogP contribution in [0.5, 0.6) is 0 Å². The van der Waals surface area contributed by atoms with Crippen molar-refractivity contribution in [2.75, 3.05) is 6.54 Å². The van der Waals surface area contributed by atoms with Gasteiger partial charge in [0.15, 0.2) is 0 Å². The van der Waals surface area contributed by atoms with Gasteiger partial charge in [0.25, 0.3) is 0 Å². The normalized spacial score (nSPS) is 27.5. The van der Waals surface area contributed by atoms with Crippen molar-refractivity contribution in [2.45, 2.75) is 50.7 Å². The smallest absolute Gasteiger partial charge is 0.0689 e. The molecule has 0 unspecified atom stereocenters. The van der Waals surface area contributed by atoms with Crippen molar-refractivity contribution in [1.82, 2.24) is 5.32 Å². The Morgan fingerprint density at radius 3 is 2.53 bits per heavy atom. The van der Waals surface area contributed by atoms with Crippen LogP contribution in [0.15, 0.2) is 18.2 Å². The fraction of sp³-hybridized carbons (Fsp3) is 0.600. The van der Waals surface area contributed by atoms with Crippen molar-refractivity contribution in [3.05, 3.63) is 33.8 Å². The zero-order valence-electron chi connectivity index (χ0n) is 11.3. The van der Waals surface area contributed by atoms with Gasteiger partial charge in [-0.25, -0.2) is 0 Å². The minimum atomic E-state index is -0.594. The maximum absolute atomic E-state index is 10.7. The molecular weight excluding hydrogens is 281 g/mol. The van der Waals surface area contributed by atoms with Gasteiger partial charge < -0.3 is 10.4 Å². The molecule has 0 heterocycles. The predicted molar refractivity (Wildman–Crippen MR) is 81.0 cm³/mol. The van der Waals surface area contributed by atoms with Gasteiger partial charge in [0.05, 0.1) is 15.6 Å². The van der Waals surface area contributed by atoms with E-state index in [1.54, 1.807) is 6.07 Å². The van der Waals surface area contributed by atoms with Crippen LogP contribution in [-0.4, -0.2) is 23.3 Å². The molecule has 0 aromatic heterocycles. The summed E-state index contributed by atoms with van der Waals surface area (Å²) >= 11 is 11.9. The minimum absolute atomic E-state index is 0.555. The van der Waals surface area contributed by atoms with E-state index in [1.807, 2.05) is 12.1 Å². The summed E-state index contributed by atoms with van der Waals surface area (Å²) in [5.74, 6) is 0. The van der Waals surface area contributed by atoms with E-state index in [0.29, 0.717) is 22.5 Å². The van der Waals surface area contributed by atoms with Crippen molar-refractivity contribution in [3.63, 3.8) is 0 Å². The molecule has 0 aliphatic heterocycles. The summed E-state index contributed by atoms with van der Waals surface area (Å²) in [6.45, 7) is 3.12. The molecule has 0 amide bonds. The van der Waals surface area contributed by atoms with Crippen LogP contribution >= 0.6 is 23.2 Å². The number of nitrogens with one attached hydrogen (secondary N) is 1. The lowest BCUT2D eigenvalue weighted by molar-refractivity contribution is -0.00294. The zero-order chi connectivity index (χ0) is 13.9. The largest absolute Gasteiger partial charge is 0.390 e. The van der Waals surface area contributed by atoms with E-state index in [9.17, 15) is 5.11 Å². The molecule has 1 aliphatic carbocycles. The van der Waals surface area contributed by atoms with E-state index in [1.165, 1.54) is 0 Å². The van der Waals surface area contributed by atoms with Crippen molar-refractivity contribution in [3.8, 4) is 0 Å². The third-order valence-electron chi connectivity index (χ3n) is 3.93. The maximum Gasteiger partial charge on any atom is 0.0689 e. The second-order valence-electron chi connectivity index (χ2n) is 5.48. The molecule has 2 N–H and O–H groups in total. The van der Waals surface area contributed by atoms with E-state index in [-0.39, 0.29) is 0 Å². The summed E-state index contributed by atoms with van der Waals surface area (Å²) in [7, 11) is 0. The molecule has 0 saturated heterocycles. The molecule has 4 heteroatoms. The molecular formula is C15H21Cl2NO. The van der Waals surface area contributed by atoms with Gasteiger partial charge in [0, 0.05) is 12.5 Å². The highest BCUT2D eigenvalue weighted by Gasteiger charge is 2.33. The van der Waals surface area contributed by atoms with Gasteiger partial charge in [0.2, 0.25) is 0 Å². The van der Waals surface area contributed by atoms with Crippen LogP contribution in [0.3, 0.4) is 0 Å². The number of benzene rings is 1. The second kappa shape index (κ2) is 6.45. The quantitative estimate of drug-likeness (QED) is 0.886. The van der Waals surface area contributed by atoms with Gasteiger partial charge in [-0.05, 0) is 49.9 Å². The first kappa shape index (κ1) is 15.1. The van der Waals surface area contributed by atoms with E-state index >= 15 is 0 Å². The molecule has 0 radical (unpaired) electrons. The molecule has 2 nitrogen and oxygen atoms in total. The Hall–Kier alpha value is -0.280. The van der Waals surface area contributed by atoms with Gasteiger partial charge in [-0.2, -0.15) is 0 Å². The highest BCUT2D eigenvalue weighted by molar-refractivity contribution is 6.42. The first-order valence-corrected chi connectivity index (χ1v) is 7.68. The molecule has 0 atom stereocenters. The van der Waals surface area contributed by atoms with Crippen LogP contribution in [0.25, 0.3) is 0 Å². The fourth-order valence-corrected chi connectivity index (χ4v) is 3.17. The zero-order valence-corrected chi connectivity index (χ0v) is 12.8. The number of rotatable bonds is 4. The first-order valence-electron chi connectivity index (χ1n) is 6.92. The van der Waals surface area contributed by atoms with Crippen LogP contribution in [-0.2, 0) is 6.42 Å². The third-order valence-corrected chi connectivity index (χ3v) is 4.67. The SMILES string of the molecule is CCNC1CCC(O)(Cc2ccc(Cl)c(Cl)c2)CC1. The standard InChI is InChI=1S/C15H21Cl2NO/c1-2-18-12-5-7-15(19,8-6-12)10-11-3-4-13(16)14(17)9-11/h3-4,9,12,18-19H,2,5-8,10H2,1H3. The van der Waals surface area contributed by atoms with Gasteiger partial charge in [-0.3, -0.25) is 0 Å². The lowest BCUT2D eigenvalue weighted by Crippen LogP contribution is -2.42. The summed E-state index contributed by atoms with van der Waals surface area (Å²) in [6.07, 6.45) is 4.40. The second-order valence-corrected chi connectivity index (χ2v) is 6.30. The lowest BCUT2D eigenvalue weighted by atomic mass is 9.78. The van der Waals surface area contributed by atoms with Crippen molar-refractivity contribution >= 4 is 23.2 Å². The highest BCUT2D eigenvalue weighted by atomic mass is 35.5. The Bertz CT molecular complexity index is 428. The Kier molecular flexibility index (Phi) is 5.13. The first-order chi connectivity index (χ1) is 9.02. The van der Waals surface area contributed by atoms with Crippen LogP contribution in [0, 0.1) is 0 Å². The summed E-state index contributed by atoms with van der Waals surface area (Å²) < 4.78 is 0. The molecule has 1 aliphatic rings. The number of hydrogen-bond acceptors (Lipinski definition) is 2. The Morgan fingerprint density at radius 1 is 1.26 bits per heavy atom. The highest BCUT2D eigenvalue weighted by Crippen LogP contribution is 2.33. The summed E-state index contributed by atoms with van der Waals surface area (Å²) in [5.41, 5.74) is 0.460. The molecule has 1 fully saturated rings. The van der Waals surface area contributed by atoms with Gasteiger partial charge in [-0.15, -0.1) is 0 Å². The van der Waals surface area contributed by atoms with Crippen molar-refractivity contribution in [1.29, 1.82) is 0 Å². The molecule has 0 spiro atoms. The molecule has 106 valence electrons. The number of halogens is 2. The fourth-order valence-electron chi connectivity index (χ4n) is 2.85. The van der Waals surface area contributed by atoms with E-state index in [4.69, 9.17) is 23.2 Å². The molecule has 1 aromatic rings. The van der Waals surface area contributed by atoms with E-state index in [2.05, 4.69) is 12.2 Å². The third kappa shape index (κ3) is 4.09. The van der Waals surface area contributed by atoms with Gasteiger partial charge >= 0.3 is 0 Å². The van der Waals surface area contributed by atoms with Crippen LogP contribution < -0.4 is 5.32 Å². The molecule has 19 heavy (non-hydrogen) atoms.